The summed E-state index contributed by atoms with van der Waals surface area (Å²) in [4.78, 5) is 23.4. The predicted octanol–water partition coefficient (Wildman–Crippen LogP) is 4.11. The van der Waals surface area contributed by atoms with E-state index in [1.165, 1.54) is 38.3 Å². The Bertz CT molecular complexity index is 810. The largest absolute Gasteiger partial charge is 0.495 e. The number of anilines is 1. The minimum absolute atomic E-state index is 0.0189. The van der Waals surface area contributed by atoms with Crippen LogP contribution in [0.2, 0.25) is 10.0 Å². The lowest BCUT2D eigenvalue weighted by molar-refractivity contribution is -0.122. The van der Waals surface area contributed by atoms with Crippen LogP contribution in [0.15, 0.2) is 36.4 Å². The van der Waals surface area contributed by atoms with Crippen molar-refractivity contribution in [1.82, 2.24) is 0 Å². The second-order valence-electron chi connectivity index (χ2n) is 5.04. The molecule has 2 aromatic carbocycles. The normalized spacial score (nSPS) is 11.5. The molecule has 0 radical (unpaired) electrons. The first-order valence-corrected chi connectivity index (χ1v) is 7.91. The molecule has 132 valence electrons. The Balaban J connectivity index is 2.15. The monoisotopic (exact) mass is 383 g/mol. The molecular weight excluding hydrogens is 369 g/mol. The number of halogens is 2. The molecule has 6 nitrogen and oxygen atoms in total. The van der Waals surface area contributed by atoms with Crippen LogP contribution < -0.4 is 14.8 Å². The van der Waals surface area contributed by atoms with E-state index in [4.69, 9.17) is 37.8 Å². The zero-order valence-corrected chi connectivity index (χ0v) is 14.9. The zero-order chi connectivity index (χ0) is 18.6. The number of nitrogens with one attached hydrogen (secondary N) is 1. The van der Waals surface area contributed by atoms with Crippen LogP contribution in [0.1, 0.15) is 17.3 Å². The number of rotatable bonds is 6. The van der Waals surface area contributed by atoms with Gasteiger partial charge in [-0.3, -0.25) is 4.79 Å². The second-order valence-corrected chi connectivity index (χ2v) is 5.89. The van der Waals surface area contributed by atoms with Gasteiger partial charge in [-0.25, -0.2) is 4.79 Å². The predicted molar refractivity (Wildman–Crippen MR) is 95.1 cm³/mol. The Labute approximate surface area is 154 Å². The van der Waals surface area contributed by atoms with Gasteiger partial charge in [0.25, 0.3) is 5.91 Å². The number of ether oxygens (including phenoxy) is 2. The minimum atomic E-state index is -1.12. The first-order valence-electron chi connectivity index (χ1n) is 7.15. The summed E-state index contributed by atoms with van der Waals surface area (Å²) >= 11 is 11.8. The summed E-state index contributed by atoms with van der Waals surface area (Å²) in [5.74, 6) is -0.975. The summed E-state index contributed by atoms with van der Waals surface area (Å²) < 4.78 is 10.7. The highest BCUT2D eigenvalue weighted by atomic mass is 35.5. The zero-order valence-electron chi connectivity index (χ0n) is 13.4. The first-order chi connectivity index (χ1) is 11.8. The van der Waals surface area contributed by atoms with Crippen LogP contribution in [-0.4, -0.2) is 30.2 Å². The number of carbonyl (C=O) groups is 2. The molecule has 0 fully saturated rings. The summed E-state index contributed by atoms with van der Waals surface area (Å²) in [6.45, 7) is 1.54. The third-order valence-corrected chi connectivity index (χ3v) is 3.80. The molecule has 0 aliphatic rings. The van der Waals surface area contributed by atoms with Gasteiger partial charge in [0.2, 0.25) is 0 Å². The van der Waals surface area contributed by atoms with Gasteiger partial charge in [0, 0.05) is 5.02 Å². The van der Waals surface area contributed by atoms with E-state index in [9.17, 15) is 9.59 Å². The molecule has 0 bridgehead atoms. The summed E-state index contributed by atoms with van der Waals surface area (Å²) in [5.41, 5.74) is 0.246. The Morgan fingerprint density at radius 2 is 1.80 bits per heavy atom. The van der Waals surface area contributed by atoms with Crippen LogP contribution in [0, 0.1) is 0 Å². The molecule has 0 aromatic heterocycles. The molecule has 1 atom stereocenters. The van der Waals surface area contributed by atoms with Gasteiger partial charge in [0.05, 0.1) is 23.4 Å². The SMILES string of the molecule is COc1ccc(C(=O)O)cc1NC(=O)[C@@H](C)Oc1ccc(Cl)cc1Cl. The number of hydrogen-bond acceptors (Lipinski definition) is 4. The van der Waals surface area contributed by atoms with E-state index in [0.717, 1.165) is 0 Å². The van der Waals surface area contributed by atoms with Crippen molar-refractivity contribution >= 4 is 40.8 Å². The maximum atomic E-state index is 12.3. The minimum Gasteiger partial charge on any atom is -0.495 e. The number of methoxy groups -OCH3 is 1. The van der Waals surface area contributed by atoms with Gasteiger partial charge in [-0.1, -0.05) is 23.2 Å². The van der Waals surface area contributed by atoms with Crippen molar-refractivity contribution in [3.05, 3.63) is 52.0 Å². The number of amides is 1. The molecule has 1 amide bonds. The molecule has 2 aromatic rings. The number of carboxylic acid groups (broad SMARTS) is 1. The first kappa shape index (κ1) is 18.9. The van der Waals surface area contributed by atoms with E-state index < -0.39 is 18.0 Å². The van der Waals surface area contributed by atoms with Crippen LogP contribution >= 0.6 is 23.2 Å². The number of hydrogen-bond donors (Lipinski definition) is 2. The highest BCUT2D eigenvalue weighted by Crippen LogP contribution is 2.29. The van der Waals surface area contributed by atoms with Crippen LogP contribution in [0.25, 0.3) is 0 Å². The average molecular weight is 384 g/mol. The van der Waals surface area contributed by atoms with E-state index in [1.807, 2.05) is 0 Å². The van der Waals surface area contributed by atoms with Crippen molar-refractivity contribution in [2.75, 3.05) is 12.4 Å². The van der Waals surface area contributed by atoms with Gasteiger partial charge in [-0.15, -0.1) is 0 Å². The van der Waals surface area contributed by atoms with E-state index >= 15 is 0 Å². The van der Waals surface area contributed by atoms with E-state index in [-0.39, 0.29) is 16.3 Å². The third-order valence-electron chi connectivity index (χ3n) is 3.27. The van der Waals surface area contributed by atoms with Gasteiger partial charge in [-0.2, -0.15) is 0 Å². The number of benzene rings is 2. The highest BCUT2D eigenvalue weighted by Gasteiger charge is 2.19. The average Bonchev–Trinajstić information content (AvgIpc) is 2.57. The number of carbonyl (C=O) groups excluding carboxylic acids is 1. The molecule has 2 N–H and O–H groups in total. The lowest BCUT2D eigenvalue weighted by Crippen LogP contribution is -2.30. The van der Waals surface area contributed by atoms with E-state index in [1.54, 1.807) is 12.1 Å². The molecule has 0 aliphatic heterocycles. The summed E-state index contributed by atoms with van der Waals surface area (Å²) in [6, 6.07) is 8.79. The standard InChI is InChI=1S/C17H15Cl2NO5/c1-9(25-14-6-4-11(18)8-12(14)19)16(21)20-13-7-10(17(22)23)3-5-15(13)24-2/h3-9H,1-2H3,(H,20,21)(H,22,23)/t9-/m1/s1. The van der Waals surface area contributed by atoms with E-state index in [2.05, 4.69) is 5.32 Å². The fraction of sp³-hybridized carbons (Fsp3) is 0.176. The summed E-state index contributed by atoms with van der Waals surface area (Å²) in [7, 11) is 1.42. The summed E-state index contributed by atoms with van der Waals surface area (Å²) in [5, 5.41) is 12.4. The van der Waals surface area contributed by atoms with Gasteiger partial charge < -0.3 is 19.9 Å². The summed E-state index contributed by atoms with van der Waals surface area (Å²) in [6.07, 6.45) is -0.892. The van der Waals surface area contributed by atoms with Crippen molar-refractivity contribution < 1.29 is 24.2 Å². The van der Waals surface area contributed by atoms with Crippen molar-refractivity contribution in [1.29, 1.82) is 0 Å². The molecule has 0 unspecified atom stereocenters. The molecule has 0 aliphatic carbocycles. The van der Waals surface area contributed by atoms with Gasteiger partial charge >= 0.3 is 5.97 Å². The van der Waals surface area contributed by atoms with E-state index in [0.29, 0.717) is 16.5 Å². The van der Waals surface area contributed by atoms with Gasteiger partial charge in [0.15, 0.2) is 6.10 Å². The van der Waals surface area contributed by atoms with Crippen LogP contribution in [-0.2, 0) is 4.79 Å². The van der Waals surface area contributed by atoms with Crippen molar-refractivity contribution in [2.24, 2.45) is 0 Å². The second kappa shape index (κ2) is 8.09. The van der Waals surface area contributed by atoms with Crippen LogP contribution in [0.3, 0.4) is 0 Å². The Morgan fingerprint density at radius 1 is 1.12 bits per heavy atom. The number of aromatic carboxylic acids is 1. The van der Waals surface area contributed by atoms with Crippen LogP contribution in [0.5, 0.6) is 11.5 Å². The molecule has 0 saturated heterocycles. The number of carboxylic acids is 1. The molecule has 8 heteroatoms. The highest BCUT2D eigenvalue weighted by molar-refractivity contribution is 6.35. The van der Waals surface area contributed by atoms with Crippen LogP contribution in [0.4, 0.5) is 5.69 Å². The van der Waals surface area contributed by atoms with Gasteiger partial charge in [-0.05, 0) is 43.3 Å². The lowest BCUT2D eigenvalue weighted by atomic mass is 10.2. The maximum absolute atomic E-state index is 12.3. The topological polar surface area (TPSA) is 84.9 Å². The Kier molecular flexibility index (Phi) is 6.12. The fourth-order valence-corrected chi connectivity index (χ4v) is 2.44. The van der Waals surface area contributed by atoms with Crippen molar-refractivity contribution in [3.63, 3.8) is 0 Å². The molecular formula is C17H15Cl2NO5. The Morgan fingerprint density at radius 3 is 2.40 bits per heavy atom. The quantitative estimate of drug-likeness (QED) is 0.783. The maximum Gasteiger partial charge on any atom is 0.335 e. The lowest BCUT2D eigenvalue weighted by Gasteiger charge is -2.17. The third kappa shape index (κ3) is 4.78. The molecule has 2 rings (SSSR count). The van der Waals surface area contributed by atoms with Crippen molar-refractivity contribution in [2.45, 2.75) is 13.0 Å². The molecule has 0 heterocycles. The fourth-order valence-electron chi connectivity index (χ4n) is 1.99. The molecule has 0 saturated carbocycles. The smallest absolute Gasteiger partial charge is 0.335 e. The van der Waals surface area contributed by atoms with Gasteiger partial charge in [0.1, 0.15) is 11.5 Å². The van der Waals surface area contributed by atoms with Crippen molar-refractivity contribution in [3.8, 4) is 11.5 Å². The Hall–Kier alpha value is -2.44. The molecule has 25 heavy (non-hydrogen) atoms. The molecule has 0 spiro atoms.